The van der Waals surface area contributed by atoms with Crippen LogP contribution in [0.4, 0.5) is 4.39 Å². The number of halogens is 1. The van der Waals surface area contributed by atoms with Crippen LogP contribution in [0, 0.1) is 12.7 Å². The van der Waals surface area contributed by atoms with Crippen molar-refractivity contribution >= 4 is 17.1 Å². The SMILES string of the molecule is Cc1ccc(C2(O)CCCC(n3c(=O)n(CC(=O)O)c4cccnc43)C2)c(F)c1. The first-order chi connectivity index (χ1) is 13.8. The molecule has 7 nitrogen and oxygen atoms in total. The van der Waals surface area contributed by atoms with Crippen molar-refractivity contribution in [2.75, 3.05) is 0 Å². The van der Waals surface area contributed by atoms with E-state index in [1.807, 2.05) is 0 Å². The zero-order valence-corrected chi connectivity index (χ0v) is 16.0. The van der Waals surface area contributed by atoms with Crippen molar-refractivity contribution < 1.29 is 19.4 Å². The lowest BCUT2D eigenvalue weighted by atomic mass is 9.77. The van der Waals surface area contributed by atoms with E-state index in [0.29, 0.717) is 30.4 Å². The van der Waals surface area contributed by atoms with Crippen LogP contribution in [-0.4, -0.2) is 30.3 Å². The highest BCUT2D eigenvalue weighted by Gasteiger charge is 2.39. The molecule has 1 aromatic carbocycles. The first kappa shape index (κ1) is 19.3. The number of aliphatic hydroxyl groups is 1. The normalized spacial score (nSPS) is 22.1. The summed E-state index contributed by atoms with van der Waals surface area (Å²) in [5.74, 6) is -1.59. The Balaban J connectivity index is 1.79. The number of hydrogen-bond donors (Lipinski definition) is 2. The van der Waals surface area contributed by atoms with E-state index in [1.54, 1.807) is 31.2 Å². The minimum Gasteiger partial charge on any atom is -0.480 e. The van der Waals surface area contributed by atoms with Crippen molar-refractivity contribution in [2.45, 2.75) is 50.8 Å². The number of rotatable bonds is 4. The molecule has 8 heteroatoms. The van der Waals surface area contributed by atoms with Gasteiger partial charge in [-0.3, -0.25) is 13.9 Å². The van der Waals surface area contributed by atoms with Crippen molar-refractivity contribution in [2.24, 2.45) is 0 Å². The standard InChI is InChI=1S/C21H22FN3O4/c1-13-6-7-15(16(22)10-13)21(29)8-2-4-14(11-21)25-19-17(5-3-9-23-19)24(20(25)28)12-18(26)27/h3,5-7,9-10,14,29H,2,4,8,11-12H2,1H3,(H,26,27). The number of aliphatic carboxylic acids is 1. The molecule has 1 fully saturated rings. The molecule has 0 saturated heterocycles. The summed E-state index contributed by atoms with van der Waals surface area (Å²) in [5, 5.41) is 20.5. The molecule has 0 aliphatic heterocycles. The van der Waals surface area contributed by atoms with Crippen molar-refractivity contribution in [3.63, 3.8) is 0 Å². The minimum absolute atomic E-state index is 0.148. The lowest BCUT2D eigenvalue weighted by Crippen LogP contribution is -2.38. The number of carbonyl (C=O) groups is 1. The molecule has 0 radical (unpaired) electrons. The topological polar surface area (TPSA) is 97.4 Å². The molecule has 3 aromatic rings. The molecular formula is C21H22FN3O4. The predicted molar refractivity (Wildman–Crippen MR) is 104 cm³/mol. The Morgan fingerprint density at radius 1 is 1.38 bits per heavy atom. The number of nitrogens with zero attached hydrogens (tertiary/aromatic N) is 3. The first-order valence-electron chi connectivity index (χ1n) is 9.57. The zero-order chi connectivity index (χ0) is 20.8. The molecule has 0 amide bonds. The number of imidazole rings is 1. The Bertz CT molecular complexity index is 1150. The van der Waals surface area contributed by atoms with Gasteiger partial charge in [-0.15, -0.1) is 0 Å². The lowest BCUT2D eigenvalue weighted by molar-refractivity contribution is -0.137. The molecule has 2 aromatic heterocycles. The van der Waals surface area contributed by atoms with Crippen LogP contribution in [-0.2, 0) is 16.9 Å². The Hall–Kier alpha value is -3.00. The third-order valence-electron chi connectivity index (χ3n) is 5.71. The van der Waals surface area contributed by atoms with Crippen molar-refractivity contribution in [1.82, 2.24) is 14.1 Å². The highest BCUT2D eigenvalue weighted by Crippen LogP contribution is 2.43. The number of fused-ring (bicyclic) bond motifs is 1. The fourth-order valence-electron chi connectivity index (χ4n) is 4.41. The second kappa shape index (κ2) is 7.11. The van der Waals surface area contributed by atoms with Gasteiger partial charge in [0, 0.05) is 24.2 Å². The fourth-order valence-corrected chi connectivity index (χ4v) is 4.41. The number of carboxylic acids is 1. The number of hydrogen-bond acceptors (Lipinski definition) is 4. The summed E-state index contributed by atoms with van der Waals surface area (Å²) in [6.07, 6.45) is 3.28. The van der Waals surface area contributed by atoms with Gasteiger partial charge in [-0.25, -0.2) is 14.2 Å². The number of benzene rings is 1. The van der Waals surface area contributed by atoms with Gasteiger partial charge in [0.15, 0.2) is 5.65 Å². The summed E-state index contributed by atoms with van der Waals surface area (Å²) < 4.78 is 17.2. The Kier molecular flexibility index (Phi) is 4.74. The van der Waals surface area contributed by atoms with Gasteiger partial charge in [-0.2, -0.15) is 0 Å². The third kappa shape index (κ3) is 3.33. The van der Waals surface area contributed by atoms with E-state index in [-0.39, 0.29) is 12.0 Å². The summed E-state index contributed by atoms with van der Waals surface area (Å²) in [6.45, 7) is 1.31. The monoisotopic (exact) mass is 399 g/mol. The van der Waals surface area contributed by atoms with Gasteiger partial charge in [0.1, 0.15) is 12.4 Å². The van der Waals surface area contributed by atoms with Crippen molar-refractivity contribution in [3.8, 4) is 0 Å². The predicted octanol–water partition coefficient (Wildman–Crippen LogP) is 2.73. The van der Waals surface area contributed by atoms with E-state index in [4.69, 9.17) is 0 Å². The highest BCUT2D eigenvalue weighted by atomic mass is 19.1. The van der Waals surface area contributed by atoms with Gasteiger partial charge in [0.25, 0.3) is 0 Å². The van der Waals surface area contributed by atoms with Crippen LogP contribution in [0.15, 0.2) is 41.3 Å². The quantitative estimate of drug-likeness (QED) is 0.703. The van der Waals surface area contributed by atoms with Crippen LogP contribution < -0.4 is 5.69 Å². The summed E-state index contributed by atoms with van der Waals surface area (Å²) in [6, 6.07) is 7.62. The van der Waals surface area contributed by atoms with Gasteiger partial charge < -0.3 is 10.2 Å². The van der Waals surface area contributed by atoms with Gasteiger partial charge in [-0.05, 0) is 49.9 Å². The van der Waals surface area contributed by atoms with Crippen LogP contribution in [0.25, 0.3) is 11.2 Å². The molecule has 1 aliphatic carbocycles. The molecule has 1 aliphatic rings. The number of aromatic nitrogens is 3. The van der Waals surface area contributed by atoms with Crippen LogP contribution in [0.2, 0.25) is 0 Å². The summed E-state index contributed by atoms with van der Waals surface area (Å²) in [4.78, 5) is 28.6. The van der Waals surface area contributed by atoms with E-state index in [2.05, 4.69) is 4.98 Å². The minimum atomic E-state index is -1.41. The van der Waals surface area contributed by atoms with Gasteiger partial charge >= 0.3 is 11.7 Å². The number of pyridine rings is 1. The highest BCUT2D eigenvalue weighted by molar-refractivity contribution is 5.75. The van der Waals surface area contributed by atoms with Crippen LogP contribution in [0.3, 0.4) is 0 Å². The van der Waals surface area contributed by atoms with E-state index < -0.39 is 35.7 Å². The smallest absolute Gasteiger partial charge is 0.331 e. The molecule has 4 rings (SSSR count). The molecule has 0 spiro atoms. The molecule has 152 valence electrons. The molecular weight excluding hydrogens is 377 g/mol. The zero-order valence-electron chi connectivity index (χ0n) is 16.0. The summed E-state index contributed by atoms with van der Waals surface area (Å²) in [5.41, 5.74) is -0.106. The van der Waals surface area contributed by atoms with Gasteiger partial charge in [-0.1, -0.05) is 12.1 Å². The molecule has 2 heterocycles. The average Bonchev–Trinajstić information content (AvgIpc) is 2.93. The molecule has 2 unspecified atom stereocenters. The average molecular weight is 399 g/mol. The molecule has 2 N–H and O–H groups in total. The molecule has 1 saturated carbocycles. The fraction of sp³-hybridized carbons (Fsp3) is 0.381. The lowest BCUT2D eigenvalue weighted by Gasteiger charge is -2.37. The van der Waals surface area contributed by atoms with E-state index >= 15 is 0 Å². The largest absolute Gasteiger partial charge is 0.480 e. The van der Waals surface area contributed by atoms with Gasteiger partial charge in [0.05, 0.1) is 11.1 Å². The van der Waals surface area contributed by atoms with E-state index in [9.17, 15) is 24.2 Å². The van der Waals surface area contributed by atoms with Crippen LogP contribution in [0.5, 0.6) is 0 Å². The number of carboxylic acid groups (broad SMARTS) is 1. The second-order valence-corrected chi connectivity index (χ2v) is 7.74. The Morgan fingerprint density at radius 2 is 2.17 bits per heavy atom. The second-order valence-electron chi connectivity index (χ2n) is 7.74. The third-order valence-corrected chi connectivity index (χ3v) is 5.71. The molecule has 2 atom stereocenters. The Labute approximate surface area is 166 Å². The maximum Gasteiger partial charge on any atom is 0.331 e. The maximum absolute atomic E-state index is 14.6. The molecule has 29 heavy (non-hydrogen) atoms. The first-order valence-corrected chi connectivity index (χ1v) is 9.57. The van der Waals surface area contributed by atoms with Crippen LogP contribution >= 0.6 is 0 Å². The summed E-state index contributed by atoms with van der Waals surface area (Å²) in [7, 11) is 0. The number of aryl methyl sites for hydroxylation is 1. The summed E-state index contributed by atoms with van der Waals surface area (Å²) >= 11 is 0. The van der Waals surface area contributed by atoms with E-state index in [1.165, 1.54) is 21.4 Å². The van der Waals surface area contributed by atoms with Gasteiger partial charge in [0.2, 0.25) is 0 Å². The van der Waals surface area contributed by atoms with E-state index in [0.717, 1.165) is 5.56 Å². The molecule has 0 bridgehead atoms. The van der Waals surface area contributed by atoms with Crippen molar-refractivity contribution in [1.29, 1.82) is 0 Å². The van der Waals surface area contributed by atoms with Crippen LogP contribution in [0.1, 0.15) is 42.9 Å². The maximum atomic E-state index is 14.6. The van der Waals surface area contributed by atoms with Crippen molar-refractivity contribution in [3.05, 3.63) is 64.0 Å². The Morgan fingerprint density at radius 3 is 2.90 bits per heavy atom.